The van der Waals surface area contributed by atoms with E-state index in [1.54, 1.807) is 7.11 Å². The van der Waals surface area contributed by atoms with E-state index in [1.807, 2.05) is 7.11 Å². The predicted octanol–water partition coefficient (Wildman–Crippen LogP) is 3.42. The lowest BCUT2D eigenvalue weighted by atomic mass is 9.84. The Hall–Kier alpha value is -0.420. The van der Waals surface area contributed by atoms with Crippen molar-refractivity contribution in [3.63, 3.8) is 0 Å². The summed E-state index contributed by atoms with van der Waals surface area (Å²) in [5.41, 5.74) is 1.14. The van der Waals surface area contributed by atoms with E-state index in [0.717, 1.165) is 37.0 Å². The Morgan fingerprint density at radius 1 is 1.20 bits per heavy atom. The molecule has 1 aromatic rings. The van der Waals surface area contributed by atoms with E-state index >= 15 is 0 Å². The number of hydrogen-bond acceptors (Lipinski definition) is 3. The minimum atomic E-state index is -0.135. The summed E-state index contributed by atoms with van der Waals surface area (Å²) in [5.74, 6) is 0. The van der Waals surface area contributed by atoms with E-state index in [9.17, 15) is 0 Å². The van der Waals surface area contributed by atoms with Gasteiger partial charge in [-0.2, -0.15) is 0 Å². The van der Waals surface area contributed by atoms with Gasteiger partial charge in [0.1, 0.15) is 0 Å². The molecule has 0 spiro atoms. The van der Waals surface area contributed by atoms with Crippen LogP contribution in [0.15, 0.2) is 28.7 Å². The predicted molar refractivity (Wildman–Crippen MR) is 85.0 cm³/mol. The highest BCUT2D eigenvalue weighted by molar-refractivity contribution is 9.10. The summed E-state index contributed by atoms with van der Waals surface area (Å²) in [5, 5.41) is 0. The quantitative estimate of drug-likeness (QED) is 0.818. The third-order valence-electron chi connectivity index (χ3n) is 4.40. The fourth-order valence-corrected chi connectivity index (χ4v) is 3.30. The van der Waals surface area contributed by atoms with E-state index in [1.165, 1.54) is 5.56 Å². The first-order chi connectivity index (χ1) is 9.61. The molecule has 0 aromatic heterocycles. The number of nitrogens with zero attached hydrogens (tertiary/aromatic N) is 1. The SMILES string of the molecule is COC[C@@H](C)N1CCC(OC)(c2ccc(Br)cc2)CC1. The first-order valence-electron chi connectivity index (χ1n) is 7.15. The van der Waals surface area contributed by atoms with Gasteiger partial charge in [0.05, 0.1) is 12.2 Å². The highest BCUT2D eigenvalue weighted by Crippen LogP contribution is 2.37. The van der Waals surface area contributed by atoms with Gasteiger partial charge < -0.3 is 9.47 Å². The Labute approximate surface area is 130 Å². The van der Waals surface area contributed by atoms with Crippen molar-refractivity contribution in [2.24, 2.45) is 0 Å². The van der Waals surface area contributed by atoms with E-state index in [4.69, 9.17) is 9.47 Å². The summed E-state index contributed by atoms with van der Waals surface area (Å²) >= 11 is 3.49. The van der Waals surface area contributed by atoms with E-state index < -0.39 is 0 Å². The van der Waals surface area contributed by atoms with Gasteiger partial charge in [0.25, 0.3) is 0 Å². The van der Waals surface area contributed by atoms with Crippen LogP contribution in [-0.2, 0) is 15.1 Å². The molecule has 2 rings (SSSR count). The number of piperidine rings is 1. The zero-order valence-corrected chi connectivity index (χ0v) is 14.1. The van der Waals surface area contributed by atoms with Crippen molar-refractivity contribution in [2.45, 2.75) is 31.4 Å². The Morgan fingerprint density at radius 3 is 2.30 bits per heavy atom. The third kappa shape index (κ3) is 3.42. The molecule has 20 heavy (non-hydrogen) atoms. The van der Waals surface area contributed by atoms with Crippen LogP contribution < -0.4 is 0 Å². The molecule has 112 valence electrons. The number of methoxy groups -OCH3 is 2. The number of benzene rings is 1. The molecule has 1 heterocycles. The van der Waals surface area contributed by atoms with E-state index in [2.05, 4.69) is 52.0 Å². The third-order valence-corrected chi connectivity index (χ3v) is 4.93. The molecule has 1 saturated heterocycles. The molecule has 0 amide bonds. The second-order valence-corrected chi connectivity index (χ2v) is 6.46. The van der Waals surface area contributed by atoms with Crippen LogP contribution in [0.4, 0.5) is 0 Å². The van der Waals surface area contributed by atoms with Crippen molar-refractivity contribution >= 4 is 15.9 Å². The molecular weight excluding hydrogens is 318 g/mol. The normalized spacial score (nSPS) is 20.8. The van der Waals surface area contributed by atoms with Crippen LogP contribution in [0.2, 0.25) is 0 Å². The maximum Gasteiger partial charge on any atom is 0.0951 e. The Bertz CT molecular complexity index is 413. The number of hydrogen-bond donors (Lipinski definition) is 0. The van der Waals surface area contributed by atoms with Crippen molar-refractivity contribution in [3.05, 3.63) is 34.3 Å². The lowest BCUT2D eigenvalue weighted by molar-refractivity contribution is -0.0721. The lowest BCUT2D eigenvalue weighted by Gasteiger charge is -2.43. The molecule has 4 heteroatoms. The molecule has 0 aliphatic carbocycles. The highest BCUT2D eigenvalue weighted by atomic mass is 79.9. The largest absolute Gasteiger partial charge is 0.383 e. The fraction of sp³-hybridized carbons (Fsp3) is 0.625. The van der Waals surface area contributed by atoms with Crippen molar-refractivity contribution in [1.29, 1.82) is 0 Å². The van der Waals surface area contributed by atoms with Crippen molar-refractivity contribution in [3.8, 4) is 0 Å². The zero-order valence-electron chi connectivity index (χ0n) is 12.6. The summed E-state index contributed by atoms with van der Waals surface area (Å²) in [6.07, 6.45) is 2.05. The number of rotatable bonds is 5. The van der Waals surface area contributed by atoms with Gasteiger partial charge in [-0.15, -0.1) is 0 Å². The van der Waals surface area contributed by atoms with Gasteiger partial charge in [-0.3, -0.25) is 4.90 Å². The number of halogens is 1. The van der Waals surface area contributed by atoms with Crippen LogP contribution in [0.1, 0.15) is 25.3 Å². The van der Waals surface area contributed by atoms with Crippen LogP contribution in [0, 0.1) is 0 Å². The summed E-state index contributed by atoms with van der Waals surface area (Å²) in [6, 6.07) is 9.00. The summed E-state index contributed by atoms with van der Waals surface area (Å²) in [6.45, 7) is 5.12. The van der Waals surface area contributed by atoms with Crippen molar-refractivity contribution in [1.82, 2.24) is 4.90 Å². The van der Waals surface area contributed by atoms with Gasteiger partial charge in [0, 0.05) is 37.8 Å². The first kappa shape index (κ1) is 16.0. The summed E-state index contributed by atoms with van der Waals surface area (Å²) in [4.78, 5) is 2.49. The smallest absolute Gasteiger partial charge is 0.0951 e. The maximum atomic E-state index is 5.92. The van der Waals surface area contributed by atoms with Crippen molar-refractivity contribution in [2.75, 3.05) is 33.9 Å². The lowest BCUT2D eigenvalue weighted by Crippen LogP contribution is -2.48. The van der Waals surface area contributed by atoms with Gasteiger partial charge in [-0.05, 0) is 37.5 Å². The Balaban J connectivity index is 2.06. The molecule has 0 unspecified atom stereocenters. The molecule has 0 saturated carbocycles. The molecule has 1 aromatic carbocycles. The molecule has 3 nitrogen and oxygen atoms in total. The number of likely N-dealkylation sites (tertiary alicyclic amines) is 1. The molecule has 1 fully saturated rings. The average Bonchev–Trinajstić information content (AvgIpc) is 2.48. The monoisotopic (exact) mass is 341 g/mol. The zero-order chi connectivity index (χ0) is 14.6. The van der Waals surface area contributed by atoms with Crippen molar-refractivity contribution < 1.29 is 9.47 Å². The summed E-state index contributed by atoms with van der Waals surface area (Å²) < 4.78 is 12.3. The van der Waals surface area contributed by atoms with Crippen LogP contribution in [0.25, 0.3) is 0 Å². The Morgan fingerprint density at radius 2 is 1.80 bits per heavy atom. The van der Waals surface area contributed by atoms with Gasteiger partial charge in [-0.25, -0.2) is 0 Å². The average molecular weight is 342 g/mol. The van der Waals surface area contributed by atoms with E-state index in [0.29, 0.717) is 6.04 Å². The molecule has 1 aliphatic heterocycles. The van der Waals surface area contributed by atoms with Gasteiger partial charge >= 0.3 is 0 Å². The molecule has 0 N–H and O–H groups in total. The van der Waals surface area contributed by atoms with Crippen LogP contribution >= 0.6 is 15.9 Å². The second kappa shape index (κ2) is 7.03. The molecule has 0 radical (unpaired) electrons. The standard InChI is InChI=1S/C16H24BrNO2/c1-13(12-19-2)18-10-8-16(20-3,9-11-18)14-4-6-15(17)7-5-14/h4-7,13H,8-12H2,1-3H3/t13-/m1/s1. The second-order valence-electron chi connectivity index (χ2n) is 5.55. The van der Waals surface area contributed by atoms with Gasteiger partial charge in [0.15, 0.2) is 0 Å². The maximum absolute atomic E-state index is 5.92. The van der Waals surface area contributed by atoms with Crippen LogP contribution in [-0.4, -0.2) is 44.9 Å². The molecule has 1 atom stereocenters. The molecule has 1 aliphatic rings. The molecule has 0 bridgehead atoms. The topological polar surface area (TPSA) is 21.7 Å². The minimum Gasteiger partial charge on any atom is -0.383 e. The van der Waals surface area contributed by atoms with Gasteiger partial charge in [-0.1, -0.05) is 28.1 Å². The minimum absolute atomic E-state index is 0.135. The van der Waals surface area contributed by atoms with E-state index in [-0.39, 0.29) is 5.60 Å². The van der Waals surface area contributed by atoms with Crippen LogP contribution in [0.3, 0.4) is 0 Å². The number of ether oxygens (including phenoxy) is 2. The highest BCUT2D eigenvalue weighted by Gasteiger charge is 2.37. The van der Waals surface area contributed by atoms with Gasteiger partial charge in [0.2, 0.25) is 0 Å². The summed E-state index contributed by atoms with van der Waals surface area (Å²) in [7, 11) is 3.60. The van der Waals surface area contributed by atoms with Crippen LogP contribution in [0.5, 0.6) is 0 Å². The Kier molecular flexibility index (Phi) is 5.61. The first-order valence-corrected chi connectivity index (χ1v) is 7.95. The fourth-order valence-electron chi connectivity index (χ4n) is 3.04. The molecular formula is C16H24BrNO2.